The number of piperidine rings is 1. The van der Waals surface area contributed by atoms with Crippen LogP contribution < -0.4 is 10.1 Å². The number of hydrogen-bond donors (Lipinski definition) is 1. The van der Waals surface area contributed by atoms with Gasteiger partial charge in [-0.1, -0.05) is 19.1 Å². The Kier molecular flexibility index (Phi) is 6.10. The molecule has 1 aromatic heterocycles. The molecule has 0 saturated carbocycles. The minimum Gasteiger partial charge on any atom is -0.497 e. The van der Waals surface area contributed by atoms with E-state index in [0.717, 1.165) is 50.3 Å². The van der Waals surface area contributed by atoms with Gasteiger partial charge in [-0.25, -0.2) is 0 Å². The number of pyridine rings is 1. The molecule has 138 valence electrons. The van der Waals surface area contributed by atoms with E-state index < -0.39 is 0 Å². The smallest absolute Gasteiger partial charge is 0.255 e. The predicted molar refractivity (Wildman–Crippen MR) is 104 cm³/mol. The molecule has 1 aromatic carbocycles. The van der Waals surface area contributed by atoms with E-state index >= 15 is 0 Å². The molecule has 0 spiro atoms. The third-order valence-electron chi connectivity index (χ3n) is 4.96. The average molecular weight is 353 g/mol. The second kappa shape index (κ2) is 8.70. The van der Waals surface area contributed by atoms with Crippen LogP contribution in [0, 0.1) is 5.92 Å². The third-order valence-corrected chi connectivity index (χ3v) is 4.96. The zero-order valence-corrected chi connectivity index (χ0v) is 15.6. The van der Waals surface area contributed by atoms with Crippen molar-refractivity contribution in [1.29, 1.82) is 0 Å². The van der Waals surface area contributed by atoms with E-state index in [1.165, 1.54) is 5.56 Å². The molecule has 1 aliphatic heterocycles. The van der Waals surface area contributed by atoms with Gasteiger partial charge in [-0.05, 0) is 48.9 Å². The first-order chi connectivity index (χ1) is 12.7. The van der Waals surface area contributed by atoms with Gasteiger partial charge in [0.05, 0.1) is 18.4 Å². The normalized spacial score (nSPS) is 14.9. The number of hydrogen-bond acceptors (Lipinski definition) is 4. The number of methoxy groups -OCH3 is 1. The highest BCUT2D eigenvalue weighted by Gasteiger charge is 2.21. The Morgan fingerprint density at radius 2 is 1.96 bits per heavy atom. The summed E-state index contributed by atoms with van der Waals surface area (Å²) in [5, 5.41) is 3.36. The van der Waals surface area contributed by atoms with Crippen LogP contribution in [0.3, 0.4) is 0 Å². The van der Waals surface area contributed by atoms with Gasteiger partial charge in [0.15, 0.2) is 0 Å². The Balaban J connectivity index is 1.54. The first kappa shape index (κ1) is 18.2. The van der Waals surface area contributed by atoms with Crippen LogP contribution in [0.5, 0.6) is 5.75 Å². The predicted octanol–water partition coefficient (Wildman–Crippen LogP) is 3.62. The lowest BCUT2D eigenvalue weighted by Crippen LogP contribution is -2.37. The van der Waals surface area contributed by atoms with Crippen LogP contribution in [-0.4, -0.2) is 42.5 Å². The fourth-order valence-corrected chi connectivity index (χ4v) is 3.19. The number of amides is 1. The Morgan fingerprint density at radius 3 is 2.65 bits per heavy atom. The quantitative estimate of drug-likeness (QED) is 0.862. The maximum Gasteiger partial charge on any atom is 0.255 e. The Bertz CT molecular complexity index is 722. The number of aromatic nitrogens is 1. The van der Waals surface area contributed by atoms with E-state index in [9.17, 15) is 4.79 Å². The van der Waals surface area contributed by atoms with Crippen molar-refractivity contribution in [2.24, 2.45) is 5.92 Å². The number of nitrogens with zero attached hydrogens (tertiary/aromatic N) is 2. The SMILES string of the molecule is COc1ccc(CCNc2cncc(C(=O)N3CCC(C)CC3)c2)cc1. The summed E-state index contributed by atoms with van der Waals surface area (Å²) < 4.78 is 5.17. The highest BCUT2D eigenvalue weighted by molar-refractivity contribution is 5.94. The molecule has 0 radical (unpaired) electrons. The number of carbonyl (C=O) groups excluding carboxylic acids is 1. The van der Waals surface area contributed by atoms with Crippen LogP contribution in [0.15, 0.2) is 42.7 Å². The van der Waals surface area contributed by atoms with E-state index in [1.807, 2.05) is 23.1 Å². The first-order valence-corrected chi connectivity index (χ1v) is 9.27. The Labute approximate surface area is 155 Å². The molecule has 1 aliphatic rings. The van der Waals surface area contributed by atoms with E-state index in [1.54, 1.807) is 19.5 Å². The van der Waals surface area contributed by atoms with Crippen molar-refractivity contribution >= 4 is 11.6 Å². The highest BCUT2D eigenvalue weighted by atomic mass is 16.5. The molecule has 5 heteroatoms. The van der Waals surface area contributed by atoms with Crippen molar-refractivity contribution in [3.05, 3.63) is 53.9 Å². The molecule has 0 aliphatic carbocycles. The van der Waals surface area contributed by atoms with E-state index in [4.69, 9.17) is 4.74 Å². The van der Waals surface area contributed by atoms with Gasteiger partial charge in [-0.15, -0.1) is 0 Å². The van der Waals surface area contributed by atoms with Crippen LogP contribution in [0.2, 0.25) is 0 Å². The molecule has 1 fully saturated rings. The maximum atomic E-state index is 12.7. The number of benzene rings is 1. The van der Waals surface area contributed by atoms with Gasteiger partial charge in [-0.2, -0.15) is 0 Å². The summed E-state index contributed by atoms with van der Waals surface area (Å²) in [6.45, 7) is 4.72. The third kappa shape index (κ3) is 4.75. The van der Waals surface area contributed by atoms with Gasteiger partial charge in [0.25, 0.3) is 5.91 Å². The molecule has 5 nitrogen and oxygen atoms in total. The van der Waals surface area contributed by atoms with Gasteiger partial charge < -0.3 is 15.0 Å². The maximum absolute atomic E-state index is 12.7. The van der Waals surface area contributed by atoms with Crippen LogP contribution in [0.1, 0.15) is 35.7 Å². The standard InChI is InChI=1S/C21H27N3O2/c1-16-8-11-24(12-9-16)21(25)18-13-19(15-22-14-18)23-10-7-17-3-5-20(26-2)6-4-17/h3-6,13-16,23H,7-12H2,1-2H3. The van der Waals surface area contributed by atoms with Crippen molar-refractivity contribution in [2.45, 2.75) is 26.2 Å². The molecule has 1 amide bonds. The van der Waals surface area contributed by atoms with Crippen LogP contribution >= 0.6 is 0 Å². The molecule has 0 atom stereocenters. The minimum atomic E-state index is 0.0863. The van der Waals surface area contributed by atoms with E-state index in [0.29, 0.717) is 11.5 Å². The van der Waals surface area contributed by atoms with Gasteiger partial charge in [0, 0.05) is 32.0 Å². The van der Waals surface area contributed by atoms with Crippen molar-refractivity contribution < 1.29 is 9.53 Å². The molecule has 0 bridgehead atoms. The summed E-state index contributed by atoms with van der Waals surface area (Å²) >= 11 is 0. The number of nitrogens with one attached hydrogen (secondary N) is 1. The number of anilines is 1. The second-order valence-electron chi connectivity index (χ2n) is 6.96. The van der Waals surface area contributed by atoms with Crippen molar-refractivity contribution in [2.75, 3.05) is 32.1 Å². The monoisotopic (exact) mass is 353 g/mol. The summed E-state index contributed by atoms with van der Waals surface area (Å²) in [4.78, 5) is 18.8. The summed E-state index contributed by atoms with van der Waals surface area (Å²) in [7, 11) is 1.67. The molecule has 2 heterocycles. The fourth-order valence-electron chi connectivity index (χ4n) is 3.19. The number of ether oxygens (including phenoxy) is 1. The minimum absolute atomic E-state index is 0.0863. The van der Waals surface area contributed by atoms with Crippen LogP contribution in [0.4, 0.5) is 5.69 Å². The average Bonchev–Trinajstić information content (AvgIpc) is 2.69. The van der Waals surface area contributed by atoms with Crippen molar-refractivity contribution in [3.63, 3.8) is 0 Å². The molecular formula is C21H27N3O2. The number of likely N-dealkylation sites (tertiary alicyclic amines) is 1. The van der Waals surface area contributed by atoms with Gasteiger partial charge in [0.2, 0.25) is 0 Å². The molecule has 2 aromatic rings. The zero-order chi connectivity index (χ0) is 18.4. The second-order valence-corrected chi connectivity index (χ2v) is 6.96. The molecule has 26 heavy (non-hydrogen) atoms. The van der Waals surface area contributed by atoms with Crippen molar-refractivity contribution in [1.82, 2.24) is 9.88 Å². The van der Waals surface area contributed by atoms with Gasteiger partial charge >= 0.3 is 0 Å². The van der Waals surface area contributed by atoms with Crippen LogP contribution in [0.25, 0.3) is 0 Å². The van der Waals surface area contributed by atoms with E-state index in [2.05, 4.69) is 29.4 Å². The summed E-state index contributed by atoms with van der Waals surface area (Å²) in [6.07, 6.45) is 6.49. The lowest BCUT2D eigenvalue weighted by Gasteiger charge is -2.30. The molecule has 1 N–H and O–H groups in total. The summed E-state index contributed by atoms with van der Waals surface area (Å²) in [5.74, 6) is 1.66. The first-order valence-electron chi connectivity index (χ1n) is 9.27. The van der Waals surface area contributed by atoms with Gasteiger partial charge in [0.1, 0.15) is 5.75 Å². The van der Waals surface area contributed by atoms with Crippen molar-refractivity contribution in [3.8, 4) is 5.75 Å². The van der Waals surface area contributed by atoms with Crippen LogP contribution in [-0.2, 0) is 6.42 Å². The summed E-state index contributed by atoms with van der Waals surface area (Å²) in [6, 6.07) is 9.97. The lowest BCUT2D eigenvalue weighted by molar-refractivity contribution is 0.0697. The molecule has 1 saturated heterocycles. The number of carbonyl (C=O) groups is 1. The Hall–Kier alpha value is -2.56. The molecular weight excluding hydrogens is 326 g/mol. The Morgan fingerprint density at radius 1 is 1.23 bits per heavy atom. The zero-order valence-electron chi connectivity index (χ0n) is 15.6. The topological polar surface area (TPSA) is 54.5 Å². The fraction of sp³-hybridized carbons (Fsp3) is 0.429. The lowest BCUT2D eigenvalue weighted by atomic mass is 9.99. The van der Waals surface area contributed by atoms with E-state index in [-0.39, 0.29) is 5.91 Å². The highest BCUT2D eigenvalue weighted by Crippen LogP contribution is 2.19. The van der Waals surface area contributed by atoms with Gasteiger partial charge in [-0.3, -0.25) is 9.78 Å². The molecule has 3 rings (SSSR count). The molecule has 0 unspecified atom stereocenters. The summed E-state index contributed by atoms with van der Waals surface area (Å²) in [5.41, 5.74) is 2.78. The largest absolute Gasteiger partial charge is 0.497 e. The number of rotatable bonds is 6.